The van der Waals surface area contributed by atoms with Gasteiger partial charge in [0, 0.05) is 54.6 Å². The maximum atomic E-state index is 13.1. The molecule has 23 nitrogen and oxygen atoms in total. The monoisotopic (exact) mass is 1830 g/mol. The molecule has 698 valence electrons. The van der Waals surface area contributed by atoms with E-state index in [9.17, 15) is 29.7 Å². The maximum absolute atomic E-state index is 13.1. The summed E-state index contributed by atoms with van der Waals surface area (Å²) < 4.78 is 0. The predicted molar refractivity (Wildman–Crippen MR) is 500 cm³/mol. The Kier molecular flexibility index (Phi) is 38.6. The van der Waals surface area contributed by atoms with E-state index in [0.29, 0.717) is 34.7 Å². The van der Waals surface area contributed by atoms with Gasteiger partial charge in [-0.05, 0) is 171 Å². The first-order chi connectivity index (χ1) is 51.5. The second-order valence-corrected chi connectivity index (χ2v) is 49.4. The van der Waals surface area contributed by atoms with E-state index in [2.05, 4.69) is 332 Å². The van der Waals surface area contributed by atoms with E-state index >= 15 is 0 Å². The number of rotatable bonds is 10. The Hall–Kier alpha value is -1.58. The van der Waals surface area contributed by atoms with E-state index in [4.69, 9.17) is 83.5 Å². The van der Waals surface area contributed by atoms with Crippen LogP contribution < -0.4 is 153 Å². The topological polar surface area (TPSA) is 405 Å². The number of halogens is 3. The number of carbonyl (C=O) groups excluding carboxylic acids is 4. The molecule has 3 aromatic rings. The van der Waals surface area contributed by atoms with Gasteiger partial charge < -0.3 is 71.5 Å². The Labute approximate surface area is 842 Å². The Balaban J connectivity index is -0.000000789. The number of hydrogen-bond donors (Lipinski definition) is 11. The van der Waals surface area contributed by atoms with Gasteiger partial charge >= 0.3 is 103 Å². The van der Waals surface area contributed by atoms with Gasteiger partial charge in [0.05, 0.1) is 45.0 Å². The van der Waals surface area contributed by atoms with Gasteiger partial charge in [-0.2, -0.15) is 9.97 Å². The van der Waals surface area contributed by atoms with Crippen molar-refractivity contribution in [3.05, 3.63) is 49.5 Å². The molecule has 3 amide bonds. The number of hydrogen-bond acceptors (Lipinski definition) is 20. The van der Waals surface area contributed by atoms with Crippen molar-refractivity contribution in [3.8, 4) is 0 Å². The van der Waals surface area contributed by atoms with Crippen molar-refractivity contribution in [3.63, 3.8) is 0 Å². The van der Waals surface area contributed by atoms with Crippen molar-refractivity contribution < 1.29 is 149 Å². The standard InChI is InChI=1S/C38H71N5O2.C25H43ClN4O2.C19H39NO.C6H5Cl2N3O.C4H11N.CH2O3.CH4.2K.H/c1-23-24(25(39)44)26(41-27(40-23)43-38(29(5,6)7,30(8,9)10)31(11,12)13)42-36(21)33(16,17)32(14,15)35(20,28(2,3)4)37(22,45)34(36,18)19;1-14-15(16(27)31)17(29-18(26)28-14)30-24(12)21(7,8)20(5,6)23(11,19(2,3)4)25(13,32)22(24,9)10;1-13(2,3)17(10)14(4,5)15(6,7)18(11,20)16(8,9)19(17,12)21;1-2-3(5(9)12)4(7)11-6(8)10-2;1-4(2,3)5;2-1-4-3;;;;/h45H,1-22H3,(H2,39,44)(H2,40,41,42,43);32H,1-13H3,(H2,27,31)(H,28,29,30);21H,20H2,1-12H3;1H3,(H2,9,12);5H2,1-3H3;1,3H;1H4;;;/q;;;;;;;2*+1;-1/p-1. The minimum absolute atomic E-state index is 0. The van der Waals surface area contributed by atoms with Gasteiger partial charge in [0.25, 0.3) is 24.2 Å². The third-order valence-corrected chi connectivity index (χ3v) is 36.1. The van der Waals surface area contributed by atoms with Crippen LogP contribution in [0.15, 0.2) is 0 Å². The van der Waals surface area contributed by atoms with Gasteiger partial charge in [-0.15, -0.1) is 0 Å². The molecule has 122 heavy (non-hydrogen) atoms. The molecule has 16 N–H and O–H groups in total. The number of nitrogens with zero attached hydrogens (tertiary/aromatic N) is 6. The summed E-state index contributed by atoms with van der Waals surface area (Å²) in [6.45, 7) is 110. The fraction of sp³-hybridized carbons (Fsp3) is 0.830. The summed E-state index contributed by atoms with van der Waals surface area (Å²) in [7, 11) is 0. The van der Waals surface area contributed by atoms with Crippen LogP contribution in [0.4, 0.5) is 17.6 Å². The number of carbonyl (C=O) groups is 4. The van der Waals surface area contributed by atoms with Crippen LogP contribution in [-0.2, 0) is 9.68 Å². The van der Waals surface area contributed by atoms with Crippen molar-refractivity contribution in [2.45, 2.75) is 405 Å². The molecule has 3 aliphatic carbocycles. The smallest absolute Gasteiger partial charge is 1.00 e. The van der Waals surface area contributed by atoms with Crippen LogP contribution in [-0.4, -0.2) is 114 Å². The number of aromatic nitrogens is 6. The average molecular weight is 1830 g/mol. The van der Waals surface area contributed by atoms with E-state index in [1.807, 2.05) is 48.5 Å². The van der Waals surface area contributed by atoms with Gasteiger partial charge in [0.2, 0.25) is 16.5 Å². The zero-order valence-corrected chi connectivity index (χ0v) is 94.6. The van der Waals surface area contributed by atoms with Gasteiger partial charge in [0.1, 0.15) is 27.9 Å². The summed E-state index contributed by atoms with van der Waals surface area (Å²) in [5.74, 6) is -0.741. The van der Waals surface area contributed by atoms with Crippen molar-refractivity contribution in [1.82, 2.24) is 29.9 Å². The van der Waals surface area contributed by atoms with Gasteiger partial charge in [-0.3, -0.25) is 19.2 Å². The average Bonchev–Trinajstić information content (AvgIpc) is 0.659. The molecule has 3 aliphatic rings. The number of nitrogens with two attached hydrogens (primary N) is 5. The molecule has 0 saturated heterocycles. The maximum Gasteiger partial charge on any atom is 1.00 e. The van der Waals surface area contributed by atoms with Crippen LogP contribution in [0.2, 0.25) is 15.7 Å². The van der Waals surface area contributed by atoms with Crippen LogP contribution in [0.1, 0.15) is 389 Å². The summed E-state index contributed by atoms with van der Waals surface area (Å²) in [4.78, 5) is 73.2. The van der Waals surface area contributed by atoms with E-state index in [0.717, 1.165) is 0 Å². The van der Waals surface area contributed by atoms with Crippen molar-refractivity contribution >= 4 is 76.6 Å². The van der Waals surface area contributed by atoms with Crippen LogP contribution >= 0.6 is 34.8 Å². The molecular weight excluding hydrogens is 1650 g/mol. The first-order valence-corrected chi connectivity index (χ1v) is 43.0. The Morgan fingerprint density at radius 2 is 0.631 bits per heavy atom. The van der Waals surface area contributed by atoms with Crippen molar-refractivity contribution in [1.29, 1.82) is 0 Å². The second-order valence-electron chi connectivity index (χ2n) is 48.3. The Bertz CT molecular complexity index is 4050. The molecule has 3 saturated carbocycles. The largest absolute Gasteiger partial charge is 1.00 e. The predicted octanol–water partition coefficient (Wildman–Crippen LogP) is 14.6. The van der Waals surface area contributed by atoms with Crippen LogP contribution in [0.5, 0.6) is 0 Å². The number of amides is 3. The van der Waals surface area contributed by atoms with Gasteiger partial charge in [0.15, 0.2) is 0 Å². The Morgan fingerprint density at radius 1 is 0.402 bits per heavy atom. The third-order valence-electron chi connectivity index (χ3n) is 35.5. The molecule has 6 rings (SSSR count). The van der Waals surface area contributed by atoms with E-state index in [-0.39, 0.29) is 210 Å². The number of aliphatic hydroxyl groups is 3. The first-order valence-electron chi connectivity index (χ1n) is 41.9. The molecule has 28 heteroatoms. The summed E-state index contributed by atoms with van der Waals surface area (Å²) in [6, 6.07) is 0. The van der Waals surface area contributed by atoms with Crippen LogP contribution in [0.3, 0.4) is 0 Å². The molecule has 0 bridgehead atoms. The summed E-state index contributed by atoms with van der Waals surface area (Å²) in [5, 5.41) is 56.8. The molecule has 9 unspecified atom stereocenters. The summed E-state index contributed by atoms with van der Waals surface area (Å²) >= 11 is 17.2. The van der Waals surface area contributed by atoms with Gasteiger partial charge in [-0.25, -0.2) is 19.9 Å². The van der Waals surface area contributed by atoms with Gasteiger partial charge in [-0.1, -0.05) is 289 Å². The van der Waals surface area contributed by atoms with Crippen LogP contribution in [0, 0.1) is 118 Å². The van der Waals surface area contributed by atoms with Crippen molar-refractivity contribution in [2.24, 2.45) is 126 Å². The third kappa shape index (κ3) is 19.4. The number of anilines is 3. The van der Waals surface area contributed by atoms with E-state index < -0.39 is 100 Å². The van der Waals surface area contributed by atoms with E-state index in [1.165, 1.54) is 0 Å². The normalized spacial score (nSPS) is 28.9. The second kappa shape index (κ2) is 37.8. The number of aryl methyl sites for hydroxylation is 3. The molecular formula is C94H175Cl3K2N14O9. The number of nitrogens with one attached hydrogen (secondary N) is 3. The minimum Gasteiger partial charge on any atom is -1.00 e. The van der Waals surface area contributed by atoms with E-state index in [1.54, 1.807) is 13.8 Å². The number of primary amides is 3. The SMILES string of the molecule is C.CC(C)(C)C1(C)C(C)(C)C(C)(C)C(C)(N)C(C)(C)C1(C)O.CC(C)(C)N.Cc1nc(Cl)nc(Cl)c1C(N)=O.Cc1nc(Cl)nc(NC2(C)C(C)(C)C(C)(C)C(C)(C(C)(C)C)C(C)(O)C2(C)C)c1C(N)=O.Cc1nc(NC(C(C)(C)C)(C(C)(C)C)C(C)(C)C)nc(NC2(C)C(C)(C)C(C)(C)C(C)(C(C)(C)C)C(C)(O)C2(C)C)c1C(N)=O.O=CO[O-].[H-].[K+].[K+]. The minimum atomic E-state index is -1.14. The molecule has 0 spiro atoms. The molecule has 9 atom stereocenters. The molecule has 3 aromatic heterocycles. The first kappa shape index (κ1) is 125. The molecule has 0 aliphatic heterocycles. The zero-order chi connectivity index (χ0) is 96.4. The quantitative estimate of drug-likeness (QED) is 0.0224. The van der Waals surface area contributed by atoms with Crippen molar-refractivity contribution in [2.75, 3.05) is 16.0 Å². The summed E-state index contributed by atoms with van der Waals surface area (Å²) in [5.41, 5.74) is 19.3. The molecule has 3 heterocycles. The fourth-order valence-corrected chi connectivity index (χ4v) is 25.0. The summed E-state index contributed by atoms with van der Waals surface area (Å²) in [6.07, 6.45) is 0. The fourth-order valence-electron chi connectivity index (χ4n) is 24.2. The van der Waals surface area contributed by atoms with Crippen LogP contribution in [0.25, 0.3) is 0 Å². The molecule has 0 radical (unpaired) electrons. The molecule has 0 aromatic carbocycles. The molecule has 3 fully saturated rings. The Morgan fingerprint density at radius 3 is 0.869 bits per heavy atom. The zero-order valence-electron chi connectivity index (χ0n) is 87.1.